The highest BCUT2D eigenvalue weighted by atomic mass is 19.1. The van der Waals surface area contributed by atoms with Crippen LogP contribution in [0.2, 0.25) is 0 Å². The van der Waals surface area contributed by atoms with Crippen molar-refractivity contribution < 1.29 is 9.13 Å². The number of H-pyrrole nitrogens is 1. The number of rotatable bonds is 7. The Morgan fingerprint density at radius 2 is 2.04 bits per heavy atom. The minimum Gasteiger partial charge on any atom is -0.489 e. The molecule has 146 valence electrons. The fourth-order valence-corrected chi connectivity index (χ4v) is 2.61. The molecule has 0 spiro atoms. The Morgan fingerprint density at radius 3 is 2.75 bits per heavy atom. The van der Waals surface area contributed by atoms with Crippen LogP contribution in [-0.2, 0) is 6.54 Å². The van der Waals surface area contributed by atoms with Crippen LogP contribution in [0, 0.1) is 5.82 Å². The van der Waals surface area contributed by atoms with Gasteiger partial charge in [0.2, 0.25) is 0 Å². The number of hydrogen-bond donors (Lipinski definition) is 3. The summed E-state index contributed by atoms with van der Waals surface area (Å²) in [5, 5.41) is 13.2. The van der Waals surface area contributed by atoms with Crippen molar-refractivity contribution in [3.05, 3.63) is 66.2 Å². The number of hydrogen-bond acceptors (Lipinski definition) is 4. The van der Waals surface area contributed by atoms with Gasteiger partial charge in [0.1, 0.15) is 24.0 Å². The van der Waals surface area contributed by atoms with Gasteiger partial charge in [-0.15, -0.1) is 0 Å². The van der Waals surface area contributed by atoms with Gasteiger partial charge >= 0.3 is 0 Å². The van der Waals surface area contributed by atoms with Crippen molar-refractivity contribution in [3.8, 4) is 17.1 Å². The van der Waals surface area contributed by atoms with E-state index >= 15 is 0 Å². The minimum absolute atomic E-state index is 0.112. The summed E-state index contributed by atoms with van der Waals surface area (Å²) in [4.78, 5) is 8.40. The number of aromatic amines is 1. The Bertz CT molecular complexity index is 895. The lowest BCUT2D eigenvalue weighted by molar-refractivity contribution is 0.223. The molecule has 0 aliphatic carbocycles. The molecule has 28 heavy (non-hydrogen) atoms. The van der Waals surface area contributed by atoms with Crippen LogP contribution in [0.25, 0.3) is 11.4 Å². The predicted octanol–water partition coefficient (Wildman–Crippen LogP) is 2.74. The van der Waals surface area contributed by atoms with E-state index in [0.29, 0.717) is 24.8 Å². The van der Waals surface area contributed by atoms with Gasteiger partial charge in [-0.25, -0.2) is 9.37 Å². The molecule has 1 heterocycles. The second-order valence-corrected chi connectivity index (χ2v) is 6.22. The first-order chi connectivity index (χ1) is 13.6. The van der Waals surface area contributed by atoms with Crippen LogP contribution in [0.15, 0.2) is 59.9 Å². The summed E-state index contributed by atoms with van der Waals surface area (Å²) >= 11 is 0. The molecule has 0 fully saturated rings. The lowest BCUT2D eigenvalue weighted by Gasteiger charge is -2.18. The van der Waals surface area contributed by atoms with Crippen LogP contribution in [0.4, 0.5) is 4.39 Å². The zero-order valence-electron chi connectivity index (χ0n) is 15.8. The van der Waals surface area contributed by atoms with E-state index in [1.54, 1.807) is 19.2 Å². The SMILES string of the molecule is CN=C(NCc1cccc(-c2ncn[nH]2)c1)NCC(C)Oc1ccc(F)cc1. The number of ether oxygens (including phenoxy) is 1. The van der Waals surface area contributed by atoms with Crippen molar-refractivity contribution >= 4 is 5.96 Å². The van der Waals surface area contributed by atoms with Gasteiger partial charge < -0.3 is 15.4 Å². The molecule has 0 radical (unpaired) electrons. The molecule has 7 nitrogen and oxygen atoms in total. The third-order valence-corrected chi connectivity index (χ3v) is 4.01. The molecule has 8 heteroatoms. The highest BCUT2D eigenvalue weighted by molar-refractivity contribution is 5.79. The summed E-state index contributed by atoms with van der Waals surface area (Å²) < 4.78 is 18.7. The fraction of sp³-hybridized carbons (Fsp3) is 0.250. The molecular weight excluding hydrogens is 359 g/mol. The number of aromatic nitrogens is 3. The third kappa shape index (κ3) is 5.54. The van der Waals surface area contributed by atoms with Gasteiger partial charge in [0.05, 0.1) is 6.54 Å². The average molecular weight is 382 g/mol. The first-order valence-electron chi connectivity index (χ1n) is 8.95. The molecule has 0 aliphatic rings. The van der Waals surface area contributed by atoms with Gasteiger partial charge in [-0.2, -0.15) is 5.10 Å². The maximum absolute atomic E-state index is 13.0. The number of nitrogens with one attached hydrogen (secondary N) is 3. The van der Waals surface area contributed by atoms with Crippen molar-refractivity contribution in [2.24, 2.45) is 4.99 Å². The van der Waals surface area contributed by atoms with Crippen LogP contribution in [-0.4, -0.2) is 40.8 Å². The first-order valence-corrected chi connectivity index (χ1v) is 8.95. The molecule has 1 atom stereocenters. The molecule has 3 rings (SSSR count). The number of nitrogens with zero attached hydrogens (tertiary/aromatic N) is 3. The van der Waals surface area contributed by atoms with Gasteiger partial charge in [-0.1, -0.05) is 18.2 Å². The summed E-state index contributed by atoms with van der Waals surface area (Å²) in [5.74, 6) is 1.74. The standard InChI is InChI=1S/C20H23FN6O/c1-14(28-18-8-6-17(21)7-9-18)11-23-20(22-2)24-12-15-4-3-5-16(10-15)19-25-13-26-27-19/h3-10,13-14H,11-12H2,1-2H3,(H2,22,23,24)(H,25,26,27). The maximum atomic E-state index is 13.0. The predicted molar refractivity (Wildman–Crippen MR) is 107 cm³/mol. The minimum atomic E-state index is -0.282. The Balaban J connectivity index is 1.48. The van der Waals surface area contributed by atoms with Gasteiger partial charge in [-0.3, -0.25) is 10.1 Å². The number of aliphatic imine (C=N–C) groups is 1. The zero-order valence-corrected chi connectivity index (χ0v) is 15.8. The molecule has 0 aliphatic heterocycles. The van der Waals surface area contributed by atoms with Crippen molar-refractivity contribution in [2.75, 3.05) is 13.6 Å². The van der Waals surface area contributed by atoms with Crippen LogP contribution in [0.5, 0.6) is 5.75 Å². The van der Waals surface area contributed by atoms with Crippen LogP contribution in [0.1, 0.15) is 12.5 Å². The molecule has 2 aromatic carbocycles. The van der Waals surface area contributed by atoms with Crippen molar-refractivity contribution in [2.45, 2.75) is 19.6 Å². The molecule has 0 saturated heterocycles. The van der Waals surface area contributed by atoms with Crippen molar-refractivity contribution in [3.63, 3.8) is 0 Å². The van der Waals surface area contributed by atoms with E-state index in [1.807, 2.05) is 31.2 Å². The molecule has 0 bridgehead atoms. The second kappa shape index (κ2) is 9.50. The highest BCUT2D eigenvalue weighted by Gasteiger charge is 2.07. The van der Waals surface area contributed by atoms with E-state index < -0.39 is 0 Å². The Morgan fingerprint density at radius 1 is 1.21 bits per heavy atom. The van der Waals surface area contributed by atoms with Gasteiger partial charge in [-0.05, 0) is 42.8 Å². The summed E-state index contributed by atoms with van der Waals surface area (Å²) in [6.07, 6.45) is 1.38. The van der Waals surface area contributed by atoms with Crippen molar-refractivity contribution in [1.82, 2.24) is 25.8 Å². The van der Waals surface area contributed by atoms with Gasteiger partial charge in [0, 0.05) is 19.2 Å². The van der Waals surface area contributed by atoms with E-state index in [0.717, 1.165) is 17.0 Å². The first kappa shape index (κ1) is 19.3. The molecule has 0 saturated carbocycles. The smallest absolute Gasteiger partial charge is 0.191 e. The Kier molecular flexibility index (Phi) is 6.56. The normalized spacial score (nSPS) is 12.5. The van der Waals surface area contributed by atoms with Gasteiger partial charge in [0.15, 0.2) is 11.8 Å². The van der Waals surface area contributed by atoms with E-state index in [4.69, 9.17) is 4.74 Å². The quantitative estimate of drug-likeness (QED) is 0.432. The number of guanidine groups is 1. The van der Waals surface area contributed by atoms with E-state index in [1.165, 1.54) is 18.5 Å². The molecule has 3 N–H and O–H groups in total. The monoisotopic (exact) mass is 382 g/mol. The number of halogens is 1. The van der Waals surface area contributed by atoms with Crippen LogP contribution in [0.3, 0.4) is 0 Å². The van der Waals surface area contributed by atoms with E-state index in [9.17, 15) is 4.39 Å². The molecule has 1 aromatic heterocycles. The lowest BCUT2D eigenvalue weighted by Crippen LogP contribution is -2.41. The van der Waals surface area contributed by atoms with Crippen LogP contribution < -0.4 is 15.4 Å². The highest BCUT2D eigenvalue weighted by Crippen LogP contribution is 2.15. The molecule has 1 unspecified atom stereocenters. The van der Waals surface area contributed by atoms with Crippen molar-refractivity contribution in [1.29, 1.82) is 0 Å². The molecular formula is C20H23FN6O. The Labute approximate surface area is 163 Å². The summed E-state index contributed by atoms with van der Waals surface area (Å²) in [6.45, 7) is 3.09. The molecule has 3 aromatic rings. The summed E-state index contributed by atoms with van der Waals surface area (Å²) in [5.41, 5.74) is 2.06. The zero-order chi connectivity index (χ0) is 19.8. The molecule has 0 amide bonds. The maximum Gasteiger partial charge on any atom is 0.191 e. The second-order valence-electron chi connectivity index (χ2n) is 6.22. The lowest BCUT2D eigenvalue weighted by atomic mass is 10.1. The topological polar surface area (TPSA) is 87.2 Å². The third-order valence-electron chi connectivity index (χ3n) is 4.01. The summed E-state index contributed by atoms with van der Waals surface area (Å²) in [6, 6.07) is 14.0. The van der Waals surface area contributed by atoms with Gasteiger partial charge in [0.25, 0.3) is 0 Å². The Hall–Kier alpha value is -3.42. The number of benzene rings is 2. The van der Waals surface area contributed by atoms with E-state index in [-0.39, 0.29) is 11.9 Å². The summed E-state index contributed by atoms with van der Waals surface area (Å²) in [7, 11) is 1.71. The van der Waals surface area contributed by atoms with E-state index in [2.05, 4.69) is 30.8 Å². The fourth-order valence-electron chi connectivity index (χ4n) is 2.61. The van der Waals surface area contributed by atoms with Crippen LogP contribution >= 0.6 is 0 Å². The largest absolute Gasteiger partial charge is 0.489 e. The average Bonchev–Trinajstić information content (AvgIpc) is 3.25.